The number of ether oxygens (including phenoxy) is 1. The molecular weight excluding hydrogens is 524 g/mol. The molecule has 40 heavy (non-hydrogen) atoms. The Morgan fingerprint density at radius 1 is 1.10 bits per heavy atom. The van der Waals surface area contributed by atoms with Gasteiger partial charge in [0.15, 0.2) is 0 Å². The van der Waals surface area contributed by atoms with Crippen LogP contribution in [0.2, 0.25) is 0 Å². The molecule has 2 N–H and O–H groups in total. The molecule has 0 aliphatic carbocycles. The van der Waals surface area contributed by atoms with E-state index < -0.39 is 10.0 Å². The quantitative estimate of drug-likeness (QED) is 0.323. The number of nitrogens with zero attached hydrogens (tertiary/aromatic N) is 4. The first kappa shape index (κ1) is 29.8. The fourth-order valence-electron chi connectivity index (χ4n) is 4.96. The summed E-state index contributed by atoms with van der Waals surface area (Å²) in [6.07, 6.45) is 4.91. The van der Waals surface area contributed by atoms with Crippen LogP contribution in [0.5, 0.6) is 5.75 Å². The van der Waals surface area contributed by atoms with Gasteiger partial charge in [0.25, 0.3) is 0 Å². The number of anilines is 4. The first-order valence-electron chi connectivity index (χ1n) is 13.9. The topological polar surface area (TPSA) is 99.7 Å². The minimum atomic E-state index is -3.65. The summed E-state index contributed by atoms with van der Waals surface area (Å²) in [5.41, 5.74) is 4.70. The van der Waals surface area contributed by atoms with Crippen molar-refractivity contribution >= 4 is 33.2 Å². The van der Waals surface area contributed by atoms with Crippen molar-refractivity contribution in [1.29, 1.82) is 0 Å². The molecule has 1 saturated heterocycles. The molecule has 9 nitrogen and oxygen atoms in total. The Labute approximate surface area is 239 Å². The molecule has 3 aromatic rings. The fourth-order valence-corrected chi connectivity index (χ4v) is 6.00. The molecule has 0 atom stereocenters. The number of hydrogen-bond donors (Lipinski definition) is 2. The van der Waals surface area contributed by atoms with Gasteiger partial charge in [-0.2, -0.15) is 4.98 Å². The lowest BCUT2D eigenvalue weighted by atomic mass is 9.85. The summed E-state index contributed by atoms with van der Waals surface area (Å²) in [7, 11) is 1.57. The number of hydrogen-bond acceptors (Lipinski definition) is 8. The van der Waals surface area contributed by atoms with Gasteiger partial charge in [0.1, 0.15) is 16.5 Å². The second-order valence-electron chi connectivity index (χ2n) is 10.9. The first-order valence-corrected chi connectivity index (χ1v) is 15.3. The van der Waals surface area contributed by atoms with Crippen molar-refractivity contribution in [2.75, 3.05) is 44.9 Å². The zero-order valence-corrected chi connectivity index (χ0v) is 25.5. The average Bonchev–Trinajstić information content (AvgIpc) is 2.91. The molecule has 1 aromatic heterocycles. The van der Waals surface area contributed by atoms with E-state index in [4.69, 9.17) is 9.72 Å². The molecule has 2 heterocycles. The van der Waals surface area contributed by atoms with Gasteiger partial charge in [0.2, 0.25) is 16.0 Å². The van der Waals surface area contributed by atoms with E-state index in [9.17, 15) is 8.42 Å². The number of aromatic nitrogens is 2. The van der Waals surface area contributed by atoms with Gasteiger partial charge in [0.05, 0.1) is 17.5 Å². The van der Waals surface area contributed by atoms with Crippen molar-refractivity contribution in [3.63, 3.8) is 0 Å². The van der Waals surface area contributed by atoms with E-state index in [1.807, 2.05) is 20.8 Å². The second-order valence-corrected chi connectivity index (χ2v) is 13.0. The molecule has 10 heteroatoms. The molecule has 0 saturated carbocycles. The third-order valence-corrected chi connectivity index (χ3v) is 9.13. The number of rotatable bonds is 10. The maximum atomic E-state index is 12.9. The van der Waals surface area contributed by atoms with Gasteiger partial charge in [-0.1, -0.05) is 19.1 Å². The van der Waals surface area contributed by atoms with Crippen LogP contribution in [0.25, 0.3) is 0 Å². The van der Waals surface area contributed by atoms with E-state index >= 15 is 0 Å². The lowest BCUT2D eigenvalue weighted by molar-refractivity contribution is 0.241. The van der Waals surface area contributed by atoms with Crippen molar-refractivity contribution < 1.29 is 13.2 Å². The molecule has 1 aliphatic rings. The van der Waals surface area contributed by atoms with Gasteiger partial charge >= 0.3 is 0 Å². The predicted octanol–water partition coefficient (Wildman–Crippen LogP) is 5.68. The summed E-state index contributed by atoms with van der Waals surface area (Å²) < 4.78 is 33.3. The molecule has 1 aliphatic heterocycles. The molecule has 0 radical (unpaired) electrons. The van der Waals surface area contributed by atoms with Gasteiger partial charge in [-0.3, -0.25) is 0 Å². The molecule has 216 valence electrons. The van der Waals surface area contributed by atoms with Crippen LogP contribution in [0.1, 0.15) is 56.2 Å². The Balaban J connectivity index is 1.68. The number of aryl methyl sites for hydroxylation is 2. The van der Waals surface area contributed by atoms with E-state index in [0.29, 0.717) is 23.4 Å². The zero-order valence-electron chi connectivity index (χ0n) is 24.7. The van der Waals surface area contributed by atoms with Crippen molar-refractivity contribution in [2.24, 2.45) is 0 Å². The third-order valence-electron chi connectivity index (χ3n) is 7.26. The molecule has 0 bridgehead atoms. The first-order chi connectivity index (χ1) is 19.0. The third kappa shape index (κ3) is 6.74. The van der Waals surface area contributed by atoms with E-state index in [1.54, 1.807) is 30.5 Å². The van der Waals surface area contributed by atoms with Gasteiger partial charge < -0.3 is 20.3 Å². The molecule has 0 unspecified atom stereocenters. The normalized spacial score (nSPS) is 15.0. The maximum Gasteiger partial charge on any atom is 0.244 e. The molecular formula is C30H42N6O3S. The van der Waals surface area contributed by atoms with Gasteiger partial charge in [-0.05, 0) is 101 Å². The molecule has 1 fully saturated rings. The van der Waals surface area contributed by atoms with Gasteiger partial charge in [-0.15, -0.1) is 0 Å². The average molecular weight is 567 g/mol. The highest BCUT2D eigenvalue weighted by molar-refractivity contribution is 7.89. The van der Waals surface area contributed by atoms with Crippen LogP contribution in [0.4, 0.5) is 23.1 Å². The Kier molecular flexibility index (Phi) is 9.33. The van der Waals surface area contributed by atoms with Crippen molar-refractivity contribution in [3.05, 3.63) is 59.3 Å². The minimum Gasteiger partial charge on any atom is -0.489 e. The van der Waals surface area contributed by atoms with Crippen molar-refractivity contribution in [2.45, 2.75) is 63.9 Å². The molecule has 2 aromatic carbocycles. The monoisotopic (exact) mass is 566 g/mol. The predicted molar refractivity (Wildman–Crippen MR) is 162 cm³/mol. The van der Waals surface area contributed by atoms with Gasteiger partial charge in [-0.25, -0.2) is 17.7 Å². The highest BCUT2D eigenvalue weighted by Gasteiger charge is 2.24. The Morgan fingerprint density at radius 2 is 1.80 bits per heavy atom. The van der Waals surface area contributed by atoms with E-state index in [2.05, 4.69) is 46.6 Å². The van der Waals surface area contributed by atoms with E-state index in [0.717, 1.165) is 49.4 Å². The van der Waals surface area contributed by atoms with Crippen LogP contribution < -0.4 is 15.4 Å². The minimum absolute atomic E-state index is 0.00433. The Hall–Kier alpha value is -3.21. The number of piperidine rings is 1. The SMILES string of the molecule is CCc1cc(Nc2ncc(C)c(Nc3ccccc3S(=O)(=O)N(C)C)n2)c(OC(C)C)cc1C1CCN(C)CC1. The van der Waals surface area contributed by atoms with Crippen LogP contribution in [0.15, 0.2) is 47.5 Å². The zero-order chi connectivity index (χ0) is 29.0. The second kappa shape index (κ2) is 12.5. The Morgan fingerprint density at radius 3 is 2.45 bits per heavy atom. The van der Waals surface area contributed by atoms with Crippen LogP contribution >= 0.6 is 0 Å². The lowest BCUT2D eigenvalue weighted by Gasteiger charge is -2.31. The van der Waals surface area contributed by atoms with Crippen LogP contribution in [0.3, 0.4) is 0 Å². The summed E-state index contributed by atoms with van der Waals surface area (Å²) in [6.45, 7) is 10.3. The highest BCUT2D eigenvalue weighted by Crippen LogP contribution is 2.38. The summed E-state index contributed by atoms with van der Waals surface area (Å²) >= 11 is 0. The van der Waals surface area contributed by atoms with Crippen LogP contribution in [-0.4, -0.2) is 67.9 Å². The smallest absolute Gasteiger partial charge is 0.244 e. The number of likely N-dealkylation sites (tertiary alicyclic amines) is 1. The Bertz CT molecular complexity index is 1430. The van der Waals surface area contributed by atoms with Crippen LogP contribution in [0, 0.1) is 6.92 Å². The summed E-state index contributed by atoms with van der Waals surface area (Å²) in [5, 5.41) is 6.61. The van der Waals surface area contributed by atoms with E-state index in [1.165, 1.54) is 29.5 Å². The summed E-state index contributed by atoms with van der Waals surface area (Å²) in [4.78, 5) is 11.8. The van der Waals surface area contributed by atoms with Crippen molar-refractivity contribution in [3.8, 4) is 5.75 Å². The molecule has 4 rings (SSSR count). The van der Waals surface area contributed by atoms with E-state index in [-0.39, 0.29) is 11.0 Å². The largest absolute Gasteiger partial charge is 0.489 e. The van der Waals surface area contributed by atoms with Gasteiger partial charge in [0, 0.05) is 25.9 Å². The molecule has 0 spiro atoms. The summed E-state index contributed by atoms with van der Waals surface area (Å²) in [5.74, 6) is 2.20. The fraction of sp³-hybridized carbons (Fsp3) is 0.467. The maximum absolute atomic E-state index is 12.9. The number of para-hydroxylation sites is 1. The standard InChI is InChI=1S/C30H42N6O3S/c1-8-22-17-26(27(39-20(2)3)18-24(22)23-13-15-36(7)16-14-23)33-30-31-19-21(4)29(34-30)32-25-11-9-10-12-28(25)40(37,38)35(5)6/h9-12,17-20,23H,8,13-16H2,1-7H3,(H2,31,32,33,34). The number of sulfonamides is 1. The molecule has 0 amide bonds. The number of nitrogens with one attached hydrogen (secondary N) is 2. The lowest BCUT2D eigenvalue weighted by Crippen LogP contribution is -2.29. The summed E-state index contributed by atoms with van der Waals surface area (Å²) in [6, 6.07) is 11.2. The van der Waals surface area contributed by atoms with Crippen LogP contribution in [-0.2, 0) is 16.4 Å². The number of benzene rings is 2. The van der Waals surface area contributed by atoms with Crippen molar-refractivity contribution in [1.82, 2.24) is 19.2 Å². The highest BCUT2D eigenvalue weighted by atomic mass is 32.2.